The van der Waals surface area contributed by atoms with E-state index in [1.54, 1.807) is 6.20 Å². The molecule has 2 aliphatic heterocycles. The summed E-state index contributed by atoms with van der Waals surface area (Å²) in [4.78, 5) is 17.4. The molecule has 3 rings (SSSR count). The van der Waals surface area contributed by atoms with Crippen molar-refractivity contribution in [2.45, 2.75) is 51.0 Å². The van der Waals surface area contributed by atoms with Crippen LogP contribution in [0.3, 0.4) is 0 Å². The van der Waals surface area contributed by atoms with E-state index in [1.165, 1.54) is 6.42 Å². The summed E-state index contributed by atoms with van der Waals surface area (Å²) in [6, 6.07) is 3.99. The summed E-state index contributed by atoms with van der Waals surface area (Å²) in [5, 5.41) is 8.14. The second kappa shape index (κ2) is 6.95. The maximum Gasteiger partial charge on any atom is 0.242 e. The Hall–Kier alpha value is -1.49. The molecular formula is C18H28N4O. The first-order valence-electron chi connectivity index (χ1n) is 8.87. The molecule has 0 aliphatic carbocycles. The van der Waals surface area contributed by atoms with Gasteiger partial charge in [-0.2, -0.15) is 10.2 Å². The summed E-state index contributed by atoms with van der Waals surface area (Å²) in [6.45, 7) is 4.92. The summed E-state index contributed by atoms with van der Waals surface area (Å²) in [6.07, 6.45) is 8.19. The molecule has 0 radical (unpaired) electrons. The number of piperidine rings is 2. The first-order valence-corrected chi connectivity index (χ1v) is 8.87. The zero-order valence-electron chi connectivity index (χ0n) is 14.4. The van der Waals surface area contributed by atoms with E-state index in [-0.39, 0.29) is 5.54 Å². The average Bonchev–Trinajstić information content (AvgIpc) is 2.59. The molecule has 1 aromatic rings. The number of carbonyl (C=O) groups excluding carboxylic acids is 1. The molecule has 1 atom stereocenters. The first kappa shape index (κ1) is 16.4. The Morgan fingerprint density at radius 1 is 1.30 bits per heavy atom. The topological polar surface area (TPSA) is 49.3 Å². The van der Waals surface area contributed by atoms with E-state index in [4.69, 9.17) is 0 Å². The minimum atomic E-state index is -0.296. The van der Waals surface area contributed by atoms with Gasteiger partial charge in [-0.1, -0.05) is 0 Å². The van der Waals surface area contributed by atoms with Crippen LogP contribution in [0.5, 0.6) is 0 Å². The van der Waals surface area contributed by atoms with Crippen LogP contribution in [0.2, 0.25) is 0 Å². The van der Waals surface area contributed by atoms with E-state index in [9.17, 15) is 4.79 Å². The van der Waals surface area contributed by atoms with Crippen molar-refractivity contribution in [3.8, 4) is 0 Å². The van der Waals surface area contributed by atoms with Crippen LogP contribution in [-0.2, 0) is 11.2 Å². The third kappa shape index (κ3) is 3.55. The molecule has 2 saturated heterocycles. The van der Waals surface area contributed by atoms with Crippen LogP contribution in [0, 0.1) is 5.92 Å². The highest BCUT2D eigenvalue weighted by molar-refractivity contribution is 5.86. The van der Waals surface area contributed by atoms with Crippen molar-refractivity contribution in [2.75, 3.05) is 26.7 Å². The Kier molecular flexibility index (Phi) is 4.95. The lowest BCUT2D eigenvalue weighted by Gasteiger charge is -2.45. The Morgan fingerprint density at radius 3 is 2.74 bits per heavy atom. The highest BCUT2D eigenvalue weighted by atomic mass is 16.2. The van der Waals surface area contributed by atoms with Crippen LogP contribution in [0.1, 0.15) is 44.7 Å². The van der Waals surface area contributed by atoms with Gasteiger partial charge in [0.15, 0.2) is 0 Å². The van der Waals surface area contributed by atoms with Gasteiger partial charge in [-0.3, -0.25) is 9.69 Å². The number of likely N-dealkylation sites (tertiary alicyclic amines) is 2. The van der Waals surface area contributed by atoms with Crippen molar-refractivity contribution < 1.29 is 4.79 Å². The fraction of sp³-hybridized carbons (Fsp3) is 0.722. The van der Waals surface area contributed by atoms with Crippen molar-refractivity contribution in [1.29, 1.82) is 0 Å². The number of hydrogen-bond acceptors (Lipinski definition) is 4. The molecule has 3 heterocycles. The molecule has 0 N–H and O–H groups in total. The van der Waals surface area contributed by atoms with E-state index in [2.05, 4.69) is 34.0 Å². The number of nitrogens with zero attached hydrogens (tertiary/aromatic N) is 4. The minimum absolute atomic E-state index is 0.296. The summed E-state index contributed by atoms with van der Waals surface area (Å²) in [5.41, 5.74) is 0.770. The van der Waals surface area contributed by atoms with Gasteiger partial charge in [0.2, 0.25) is 5.91 Å². The van der Waals surface area contributed by atoms with Crippen LogP contribution in [-0.4, -0.2) is 58.1 Å². The van der Waals surface area contributed by atoms with Gasteiger partial charge in [0.25, 0.3) is 0 Å². The van der Waals surface area contributed by atoms with E-state index in [1.807, 2.05) is 12.1 Å². The molecule has 126 valence electrons. The second-order valence-corrected chi connectivity index (χ2v) is 7.31. The summed E-state index contributed by atoms with van der Waals surface area (Å²) >= 11 is 0. The van der Waals surface area contributed by atoms with E-state index < -0.39 is 0 Å². The van der Waals surface area contributed by atoms with Gasteiger partial charge in [-0.25, -0.2) is 0 Å². The number of carbonyl (C=O) groups is 1. The van der Waals surface area contributed by atoms with E-state index in [0.717, 1.165) is 57.4 Å². The Morgan fingerprint density at radius 2 is 2.09 bits per heavy atom. The SMILES string of the molecule is CN1CCCC[C@@]1(C)C(=O)N1CCC(Cc2cccnn2)CC1. The van der Waals surface area contributed by atoms with Gasteiger partial charge in [-0.05, 0) is 77.1 Å². The van der Waals surface area contributed by atoms with Crippen molar-refractivity contribution in [3.63, 3.8) is 0 Å². The number of amides is 1. The molecule has 0 spiro atoms. The van der Waals surface area contributed by atoms with Crippen LogP contribution in [0.4, 0.5) is 0 Å². The highest BCUT2D eigenvalue weighted by Crippen LogP contribution is 2.30. The van der Waals surface area contributed by atoms with Crippen LogP contribution < -0.4 is 0 Å². The lowest BCUT2D eigenvalue weighted by atomic mass is 9.85. The van der Waals surface area contributed by atoms with Gasteiger partial charge in [0.1, 0.15) is 0 Å². The lowest BCUT2D eigenvalue weighted by molar-refractivity contribution is -0.146. The first-order chi connectivity index (χ1) is 11.1. The predicted molar refractivity (Wildman–Crippen MR) is 89.9 cm³/mol. The van der Waals surface area contributed by atoms with Crippen molar-refractivity contribution >= 4 is 5.91 Å². The standard InChI is InChI=1S/C18H28N4O/c1-18(9-3-4-11-21(18)2)17(23)22-12-7-15(8-13-22)14-16-6-5-10-19-20-16/h5-6,10,15H,3-4,7-9,11-14H2,1-2H3/t18-/m0/s1. The Balaban J connectivity index is 1.55. The Bertz CT molecular complexity index is 527. The van der Waals surface area contributed by atoms with Crippen LogP contribution >= 0.6 is 0 Å². The normalized spacial score (nSPS) is 27.1. The lowest BCUT2D eigenvalue weighted by Crippen LogP contribution is -2.59. The van der Waals surface area contributed by atoms with Gasteiger partial charge < -0.3 is 4.90 Å². The van der Waals surface area contributed by atoms with E-state index in [0.29, 0.717) is 11.8 Å². The zero-order chi connectivity index (χ0) is 16.3. The van der Waals surface area contributed by atoms with Gasteiger partial charge in [0, 0.05) is 19.3 Å². The molecule has 0 aromatic carbocycles. The smallest absolute Gasteiger partial charge is 0.242 e. The Labute approximate surface area is 139 Å². The van der Waals surface area contributed by atoms with Crippen LogP contribution in [0.25, 0.3) is 0 Å². The van der Waals surface area contributed by atoms with Crippen molar-refractivity contribution in [2.24, 2.45) is 5.92 Å². The van der Waals surface area contributed by atoms with Crippen molar-refractivity contribution in [1.82, 2.24) is 20.0 Å². The van der Waals surface area contributed by atoms with E-state index >= 15 is 0 Å². The van der Waals surface area contributed by atoms with Gasteiger partial charge in [-0.15, -0.1) is 0 Å². The molecule has 2 fully saturated rings. The molecule has 0 bridgehead atoms. The predicted octanol–water partition coefficient (Wildman–Crippen LogP) is 2.13. The molecule has 23 heavy (non-hydrogen) atoms. The van der Waals surface area contributed by atoms with Gasteiger partial charge >= 0.3 is 0 Å². The fourth-order valence-electron chi connectivity index (χ4n) is 3.94. The number of likely N-dealkylation sites (N-methyl/N-ethyl adjacent to an activating group) is 1. The molecule has 2 aliphatic rings. The summed E-state index contributed by atoms with van der Waals surface area (Å²) in [5.74, 6) is 0.949. The minimum Gasteiger partial charge on any atom is -0.341 e. The number of rotatable bonds is 3. The monoisotopic (exact) mass is 316 g/mol. The maximum absolute atomic E-state index is 13.0. The quantitative estimate of drug-likeness (QED) is 0.857. The third-order valence-corrected chi connectivity index (χ3v) is 5.74. The number of aromatic nitrogens is 2. The molecule has 0 saturated carbocycles. The average molecular weight is 316 g/mol. The van der Waals surface area contributed by atoms with Gasteiger partial charge in [0.05, 0.1) is 11.2 Å². The maximum atomic E-state index is 13.0. The number of hydrogen-bond donors (Lipinski definition) is 0. The second-order valence-electron chi connectivity index (χ2n) is 7.31. The molecule has 5 nitrogen and oxygen atoms in total. The highest BCUT2D eigenvalue weighted by Gasteiger charge is 2.42. The zero-order valence-corrected chi connectivity index (χ0v) is 14.4. The van der Waals surface area contributed by atoms with Crippen LogP contribution in [0.15, 0.2) is 18.3 Å². The summed E-state index contributed by atoms with van der Waals surface area (Å²) in [7, 11) is 2.10. The molecule has 1 amide bonds. The summed E-state index contributed by atoms with van der Waals surface area (Å²) < 4.78 is 0. The molecule has 5 heteroatoms. The largest absolute Gasteiger partial charge is 0.341 e. The molecule has 1 aromatic heterocycles. The third-order valence-electron chi connectivity index (χ3n) is 5.74. The molecular weight excluding hydrogens is 288 g/mol. The molecule has 0 unspecified atom stereocenters. The van der Waals surface area contributed by atoms with Crippen molar-refractivity contribution in [3.05, 3.63) is 24.0 Å². The fourth-order valence-corrected chi connectivity index (χ4v) is 3.94.